The number of hydrogen-bond acceptors (Lipinski definition) is 5. The van der Waals surface area contributed by atoms with Gasteiger partial charge in [-0.3, -0.25) is 4.79 Å². The van der Waals surface area contributed by atoms with E-state index in [9.17, 15) is 4.79 Å². The van der Waals surface area contributed by atoms with E-state index in [0.717, 1.165) is 43.4 Å². The number of amides is 1. The van der Waals surface area contributed by atoms with E-state index in [0.29, 0.717) is 32.0 Å². The molecule has 1 aliphatic heterocycles. The summed E-state index contributed by atoms with van der Waals surface area (Å²) in [5, 5.41) is 6.68. The van der Waals surface area contributed by atoms with E-state index in [1.54, 1.807) is 19.2 Å². The number of rotatable bonds is 8. The quantitative estimate of drug-likeness (QED) is 0.393. The van der Waals surface area contributed by atoms with Gasteiger partial charge in [0, 0.05) is 52.1 Å². The van der Waals surface area contributed by atoms with Crippen LogP contribution in [0.3, 0.4) is 0 Å². The van der Waals surface area contributed by atoms with Crippen molar-refractivity contribution in [1.29, 1.82) is 0 Å². The summed E-state index contributed by atoms with van der Waals surface area (Å²) in [6, 6.07) is 11.7. The average Bonchev–Trinajstić information content (AvgIpc) is 3.32. The van der Waals surface area contributed by atoms with Crippen LogP contribution in [0, 0.1) is 0 Å². The van der Waals surface area contributed by atoms with Crippen molar-refractivity contribution in [3.8, 4) is 0 Å². The minimum Gasteiger partial charge on any atom is -0.459 e. The van der Waals surface area contributed by atoms with Crippen molar-refractivity contribution in [1.82, 2.24) is 15.1 Å². The van der Waals surface area contributed by atoms with Crippen LogP contribution in [0.5, 0.6) is 0 Å². The third-order valence-corrected chi connectivity index (χ3v) is 4.93. The van der Waals surface area contributed by atoms with E-state index in [4.69, 9.17) is 14.1 Å². The van der Waals surface area contributed by atoms with Gasteiger partial charge in [0.1, 0.15) is 0 Å². The van der Waals surface area contributed by atoms with Gasteiger partial charge in [0.25, 0.3) is 5.91 Å². The molecule has 30 heavy (non-hydrogen) atoms. The number of furan rings is 1. The first kappa shape index (κ1) is 21.7. The Bertz CT molecular complexity index is 797. The lowest BCUT2D eigenvalue weighted by molar-refractivity contribution is 0.0657. The standard InChI is InChI=1S/C22H31N5O3/c1-3-23-22(25-17-18-6-8-19(9-7-18)24-10-16-29-2)27-13-11-26(12-14-27)21(28)20-5-4-15-30-20/h4-9,15,24H,3,10-14,16-17H2,1-2H3,(H,23,25). The smallest absolute Gasteiger partial charge is 0.289 e. The maximum absolute atomic E-state index is 12.4. The number of carbonyl (C=O) groups excluding carboxylic acids is 1. The van der Waals surface area contributed by atoms with Gasteiger partial charge in [0.15, 0.2) is 11.7 Å². The zero-order valence-corrected chi connectivity index (χ0v) is 17.8. The largest absolute Gasteiger partial charge is 0.459 e. The summed E-state index contributed by atoms with van der Waals surface area (Å²) in [5.41, 5.74) is 2.22. The zero-order valence-electron chi connectivity index (χ0n) is 17.8. The molecule has 1 aromatic heterocycles. The predicted molar refractivity (Wildman–Crippen MR) is 118 cm³/mol. The third kappa shape index (κ3) is 6.00. The number of aliphatic imine (C=N–C) groups is 1. The molecular formula is C22H31N5O3. The van der Waals surface area contributed by atoms with Crippen molar-refractivity contribution >= 4 is 17.6 Å². The Kier molecular flexibility index (Phi) is 8.14. The summed E-state index contributed by atoms with van der Waals surface area (Å²) >= 11 is 0. The Hall–Kier alpha value is -3.00. The van der Waals surface area contributed by atoms with Crippen LogP contribution < -0.4 is 10.6 Å². The molecule has 1 saturated heterocycles. The van der Waals surface area contributed by atoms with E-state index in [1.807, 2.05) is 4.90 Å². The van der Waals surface area contributed by atoms with Gasteiger partial charge in [-0.15, -0.1) is 0 Å². The van der Waals surface area contributed by atoms with Gasteiger partial charge in [-0.05, 0) is 36.8 Å². The molecule has 1 aromatic carbocycles. The summed E-state index contributed by atoms with van der Waals surface area (Å²) in [7, 11) is 1.70. The zero-order chi connectivity index (χ0) is 21.2. The topological polar surface area (TPSA) is 82.3 Å². The van der Waals surface area contributed by atoms with Gasteiger partial charge in [-0.1, -0.05) is 12.1 Å². The molecule has 2 aromatic rings. The molecule has 8 heteroatoms. The number of benzene rings is 1. The van der Waals surface area contributed by atoms with Gasteiger partial charge in [-0.25, -0.2) is 4.99 Å². The highest BCUT2D eigenvalue weighted by Crippen LogP contribution is 2.12. The van der Waals surface area contributed by atoms with E-state index in [1.165, 1.54) is 6.26 Å². The molecule has 1 aliphatic rings. The van der Waals surface area contributed by atoms with Gasteiger partial charge in [-0.2, -0.15) is 0 Å². The summed E-state index contributed by atoms with van der Waals surface area (Å²) in [6.45, 7) is 7.69. The summed E-state index contributed by atoms with van der Waals surface area (Å²) < 4.78 is 10.3. The fourth-order valence-corrected chi connectivity index (χ4v) is 3.29. The van der Waals surface area contributed by atoms with Crippen LogP contribution in [0.2, 0.25) is 0 Å². The van der Waals surface area contributed by atoms with Crippen LogP contribution in [-0.2, 0) is 11.3 Å². The van der Waals surface area contributed by atoms with Crippen molar-refractivity contribution in [2.75, 3.05) is 58.3 Å². The van der Waals surface area contributed by atoms with Crippen LogP contribution in [0.25, 0.3) is 0 Å². The molecule has 8 nitrogen and oxygen atoms in total. The maximum atomic E-state index is 12.4. The van der Waals surface area contributed by atoms with Crippen LogP contribution in [0.15, 0.2) is 52.1 Å². The van der Waals surface area contributed by atoms with E-state index in [-0.39, 0.29) is 5.91 Å². The first-order valence-electron chi connectivity index (χ1n) is 10.4. The van der Waals surface area contributed by atoms with Crippen molar-refractivity contribution in [2.45, 2.75) is 13.5 Å². The Morgan fingerprint density at radius 2 is 1.87 bits per heavy atom. The highest BCUT2D eigenvalue weighted by atomic mass is 16.5. The second kappa shape index (κ2) is 11.3. The fourth-order valence-electron chi connectivity index (χ4n) is 3.29. The SMILES string of the molecule is CCNC(=NCc1ccc(NCCOC)cc1)N1CCN(C(=O)c2ccco2)CC1. The third-order valence-electron chi connectivity index (χ3n) is 4.93. The van der Waals surface area contributed by atoms with Crippen LogP contribution in [0.4, 0.5) is 5.69 Å². The Morgan fingerprint density at radius 3 is 2.50 bits per heavy atom. The monoisotopic (exact) mass is 413 g/mol. The van der Waals surface area contributed by atoms with Crippen LogP contribution >= 0.6 is 0 Å². The van der Waals surface area contributed by atoms with E-state index >= 15 is 0 Å². The average molecular weight is 414 g/mol. The Morgan fingerprint density at radius 1 is 1.13 bits per heavy atom. The van der Waals surface area contributed by atoms with Crippen molar-refractivity contribution in [3.63, 3.8) is 0 Å². The normalized spacial score (nSPS) is 14.7. The molecule has 1 amide bonds. The van der Waals surface area contributed by atoms with E-state index in [2.05, 4.69) is 46.7 Å². The van der Waals surface area contributed by atoms with Gasteiger partial charge in [0.05, 0.1) is 19.4 Å². The first-order chi connectivity index (χ1) is 14.7. The molecule has 3 rings (SSSR count). The molecule has 2 N–H and O–H groups in total. The Labute approximate surface area is 177 Å². The molecule has 2 heterocycles. The molecule has 0 spiro atoms. The summed E-state index contributed by atoms with van der Waals surface area (Å²) in [5.74, 6) is 1.22. The lowest BCUT2D eigenvalue weighted by Crippen LogP contribution is -2.53. The minimum absolute atomic E-state index is 0.0548. The summed E-state index contributed by atoms with van der Waals surface area (Å²) in [6.07, 6.45) is 1.53. The van der Waals surface area contributed by atoms with Crippen molar-refractivity contribution in [2.24, 2.45) is 4.99 Å². The van der Waals surface area contributed by atoms with Crippen molar-refractivity contribution < 1.29 is 13.9 Å². The number of ether oxygens (including phenoxy) is 1. The number of nitrogens with one attached hydrogen (secondary N) is 2. The minimum atomic E-state index is -0.0548. The number of guanidine groups is 1. The molecule has 0 radical (unpaired) electrons. The fraction of sp³-hybridized carbons (Fsp3) is 0.455. The van der Waals surface area contributed by atoms with Gasteiger partial charge >= 0.3 is 0 Å². The highest BCUT2D eigenvalue weighted by Gasteiger charge is 2.25. The van der Waals surface area contributed by atoms with Crippen LogP contribution in [-0.4, -0.2) is 74.7 Å². The second-order valence-corrected chi connectivity index (χ2v) is 7.04. The lowest BCUT2D eigenvalue weighted by Gasteiger charge is -2.36. The van der Waals surface area contributed by atoms with Gasteiger partial charge in [0.2, 0.25) is 0 Å². The lowest BCUT2D eigenvalue weighted by atomic mass is 10.2. The number of anilines is 1. The number of carbonyl (C=O) groups is 1. The first-order valence-corrected chi connectivity index (χ1v) is 10.4. The molecule has 0 saturated carbocycles. The summed E-state index contributed by atoms with van der Waals surface area (Å²) in [4.78, 5) is 21.3. The number of hydrogen-bond donors (Lipinski definition) is 2. The molecular weight excluding hydrogens is 382 g/mol. The second-order valence-electron chi connectivity index (χ2n) is 7.04. The molecule has 0 aliphatic carbocycles. The molecule has 0 unspecified atom stereocenters. The maximum Gasteiger partial charge on any atom is 0.289 e. The molecule has 162 valence electrons. The number of methoxy groups -OCH3 is 1. The molecule has 0 bridgehead atoms. The highest BCUT2D eigenvalue weighted by molar-refractivity contribution is 5.91. The molecule has 1 fully saturated rings. The number of piperazine rings is 1. The number of nitrogens with zero attached hydrogens (tertiary/aromatic N) is 3. The van der Waals surface area contributed by atoms with Crippen molar-refractivity contribution in [3.05, 3.63) is 54.0 Å². The van der Waals surface area contributed by atoms with Gasteiger partial charge < -0.3 is 29.6 Å². The Balaban J connectivity index is 1.54. The van der Waals surface area contributed by atoms with E-state index < -0.39 is 0 Å². The van der Waals surface area contributed by atoms with Crippen LogP contribution in [0.1, 0.15) is 23.0 Å². The molecule has 0 atom stereocenters. The predicted octanol–water partition coefficient (Wildman–Crippen LogP) is 2.26.